The molecule has 2 rings (SSSR count). The van der Waals surface area contributed by atoms with Crippen molar-refractivity contribution in [1.82, 2.24) is 5.32 Å². The second kappa shape index (κ2) is 2.72. The number of hydrogen-bond acceptors (Lipinski definition) is 2. The summed E-state index contributed by atoms with van der Waals surface area (Å²) in [5.74, 6) is 0.585. The van der Waals surface area contributed by atoms with E-state index in [4.69, 9.17) is 4.74 Å². The maximum absolute atomic E-state index is 10.8. The van der Waals surface area contributed by atoms with E-state index in [2.05, 4.69) is 5.32 Å². The van der Waals surface area contributed by atoms with Gasteiger partial charge in [-0.3, -0.25) is 0 Å². The molecule has 0 aromatic heterocycles. The second-order valence-corrected chi connectivity index (χ2v) is 3.37. The zero-order valence-corrected chi connectivity index (χ0v) is 6.51. The first-order valence-electron chi connectivity index (χ1n) is 4.31. The number of amides is 1. The van der Waals surface area contributed by atoms with Crippen molar-refractivity contribution in [2.45, 2.75) is 31.8 Å². The Morgan fingerprint density at radius 2 is 2.18 bits per heavy atom. The van der Waals surface area contributed by atoms with E-state index in [0.717, 1.165) is 13.0 Å². The molecule has 0 aromatic rings. The van der Waals surface area contributed by atoms with Crippen LogP contribution in [0.2, 0.25) is 0 Å². The smallest absolute Gasteiger partial charge is 0.407 e. The molecule has 1 N–H and O–H groups in total. The number of fused-ring (bicyclic) bond motifs is 1. The van der Waals surface area contributed by atoms with E-state index in [9.17, 15) is 4.79 Å². The average molecular weight is 155 g/mol. The molecule has 0 radical (unpaired) electrons. The highest BCUT2D eigenvalue weighted by Gasteiger charge is 2.31. The highest BCUT2D eigenvalue weighted by atomic mass is 16.6. The van der Waals surface area contributed by atoms with Crippen molar-refractivity contribution in [3.63, 3.8) is 0 Å². The molecule has 1 saturated heterocycles. The van der Waals surface area contributed by atoms with Crippen molar-refractivity contribution in [2.75, 3.05) is 6.54 Å². The van der Waals surface area contributed by atoms with Gasteiger partial charge >= 0.3 is 6.09 Å². The van der Waals surface area contributed by atoms with Gasteiger partial charge in [0, 0.05) is 12.5 Å². The van der Waals surface area contributed by atoms with Crippen LogP contribution in [0, 0.1) is 5.92 Å². The third-order valence-corrected chi connectivity index (χ3v) is 2.61. The van der Waals surface area contributed by atoms with E-state index in [1.807, 2.05) is 0 Å². The summed E-state index contributed by atoms with van der Waals surface area (Å²) in [7, 11) is 0. The molecule has 2 aliphatic rings. The van der Waals surface area contributed by atoms with Crippen LogP contribution in [0.5, 0.6) is 0 Å². The van der Waals surface area contributed by atoms with E-state index >= 15 is 0 Å². The predicted octanol–water partition coefficient (Wildman–Crippen LogP) is 1.29. The summed E-state index contributed by atoms with van der Waals surface area (Å²) in [5.41, 5.74) is 0. The van der Waals surface area contributed by atoms with Crippen LogP contribution in [-0.2, 0) is 4.74 Å². The number of carbonyl (C=O) groups is 1. The van der Waals surface area contributed by atoms with E-state index in [1.54, 1.807) is 0 Å². The van der Waals surface area contributed by atoms with Gasteiger partial charge in [-0.1, -0.05) is 6.42 Å². The molecule has 1 heterocycles. The van der Waals surface area contributed by atoms with Gasteiger partial charge < -0.3 is 10.1 Å². The first-order chi connectivity index (χ1) is 5.36. The van der Waals surface area contributed by atoms with Crippen LogP contribution >= 0.6 is 0 Å². The quantitative estimate of drug-likeness (QED) is 0.572. The summed E-state index contributed by atoms with van der Waals surface area (Å²) >= 11 is 0. The summed E-state index contributed by atoms with van der Waals surface area (Å²) in [6.07, 6.45) is 4.78. The fourth-order valence-corrected chi connectivity index (χ4v) is 1.96. The summed E-state index contributed by atoms with van der Waals surface area (Å²) in [4.78, 5) is 10.8. The molecule has 0 aromatic carbocycles. The van der Waals surface area contributed by atoms with Crippen LogP contribution < -0.4 is 5.32 Å². The Labute approximate surface area is 66.1 Å². The van der Waals surface area contributed by atoms with E-state index < -0.39 is 0 Å². The minimum absolute atomic E-state index is 0.220. The standard InChI is InChI=1S/C8H13NO2/c10-8-9-5-6-3-1-2-4-7(6)11-8/h6-7H,1-5H2,(H,9,10). The van der Waals surface area contributed by atoms with Gasteiger partial charge in [0.2, 0.25) is 0 Å². The van der Waals surface area contributed by atoms with E-state index in [0.29, 0.717) is 5.92 Å². The van der Waals surface area contributed by atoms with Gasteiger partial charge in [0.15, 0.2) is 0 Å². The van der Waals surface area contributed by atoms with E-state index in [-0.39, 0.29) is 12.2 Å². The molecule has 1 aliphatic carbocycles. The van der Waals surface area contributed by atoms with Crippen molar-refractivity contribution in [2.24, 2.45) is 5.92 Å². The van der Waals surface area contributed by atoms with Gasteiger partial charge in [-0.25, -0.2) is 4.79 Å². The number of nitrogens with one attached hydrogen (secondary N) is 1. The number of ether oxygens (including phenoxy) is 1. The summed E-state index contributed by atoms with van der Waals surface area (Å²) < 4.78 is 5.14. The van der Waals surface area contributed by atoms with Crippen LogP contribution in [-0.4, -0.2) is 18.7 Å². The van der Waals surface area contributed by atoms with Crippen molar-refractivity contribution in [1.29, 1.82) is 0 Å². The SMILES string of the molecule is O=C1NCC2CCCCC2O1. The van der Waals surface area contributed by atoms with Crippen LogP contribution in [0.1, 0.15) is 25.7 Å². The molecule has 1 amide bonds. The molecule has 11 heavy (non-hydrogen) atoms. The Hall–Kier alpha value is -0.730. The molecule has 1 aliphatic heterocycles. The fourth-order valence-electron chi connectivity index (χ4n) is 1.96. The van der Waals surface area contributed by atoms with Crippen molar-refractivity contribution in [3.05, 3.63) is 0 Å². The lowest BCUT2D eigenvalue weighted by atomic mass is 9.86. The maximum atomic E-state index is 10.8. The first kappa shape index (κ1) is 6.95. The Morgan fingerprint density at radius 1 is 1.36 bits per heavy atom. The van der Waals surface area contributed by atoms with Crippen molar-refractivity contribution in [3.8, 4) is 0 Å². The van der Waals surface area contributed by atoms with Gasteiger partial charge in [-0.05, 0) is 19.3 Å². The molecule has 62 valence electrons. The molecular weight excluding hydrogens is 142 g/mol. The van der Waals surface area contributed by atoms with Gasteiger partial charge in [0.1, 0.15) is 6.10 Å². The molecule has 3 nitrogen and oxygen atoms in total. The van der Waals surface area contributed by atoms with Gasteiger partial charge in [0.05, 0.1) is 0 Å². The predicted molar refractivity (Wildman–Crippen MR) is 40.2 cm³/mol. The lowest BCUT2D eigenvalue weighted by Gasteiger charge is -2.34. The van der Waals surface area contributed by atoms with Crippen LogP contribution in [0.25, 0.3) is 0 Å². The summed E-state index contributed by atoms with van der Waals surface area (Å²) in [6.45, 7) is 0.823. The van der Waals surface area contributed by atoms with Gasteiger partial charge in [0.25, 0.3) is 0 Å². The first-order valence-corrected chi connectivity index (χ1v) is 4.31. The van der Waals surface area contributed by atoms with Crippen LogP contribution in [0.4, 0.5) is 4.79 Å². The zero-order valence-electron chi connectivity index (χ0n) is 6.51. The van der Waals surface area contributed by atoms with Gasteiger partial charge in [-0.2, -0.15) is 0 Å². The molecule has 1 saturated carbocycles. The van der Waals surface area contributed by atoms with Gasteiger partial charge in [-0.15, -0.1) is 0 Å². The van der Waals surface area contributed by atoms with Crippen molar-refractivity contribution < 1.29 is 9.53 Å². The molecule has 2 fully saturated rings. The number of alkyl carbamates (subject to hydrolysis) is 1. The topological polar surface area (TPSA) is 38.3 Å². The largest absolute Gasteiger partial charge is 0.446 e. The molecule has 0 bridgehead atoms. The maximum Gasteiger partial charge on any atom is 0.407 e. The van der Waals surface area contributed by atoms with Crippen molar-refractivity contribution >= 4 is 6.09 Å². The normalized spacial score (nSPS) is 36.9. The average Bonchev–Trinajstić information content (AvgIpc) is 2.04. The lowest BCUT2D eigenvalue weighted by molar-refractivity contribution is 0.0144. The van der Waals surface area contributed by atoms with Crippen LogP contribution in [0.15, 0.2) is 0 Å². The monoisotopic (exact) mass is 155 g/mol. The second-order valence-electron chi connectivity index (χ2n) is 3.37. The Morgan fingerprint density at radius 3 is 3.09 bits per heavy atom. The zero-order chi connectivity index (χ0) is 7.68. The fraction of sp³-hybridized carbons (Fsp3) is 0.875. The van der Waals surface area contributed by atoms with Crippen LogP contribution in [0.3, 0.4) is 0 Å². The minimum atomic E-state index is -0.229. The number of rotatable bonds is 0. The minimum Gasteiger partial charge on any atom is -0.446 e. The van der Waals surface area contributed by atoms with E-state index in [1.165, 1.54) is 19.3 Å². The molecule has 0 spiro atoms. The number of hydrogen-bond donors (Lipinski definition) is 1. The third kappa shape index (κ3) is 1.32. The Balaban J connectivity index is 1.98. The Bertz CT molecular complexity index is 169. The summed E-state index contributed by atoms with van der Waals surface area (Å²) in [5, 5.41) is 2.72. The highest BCUT2D eigenvalue weighted by molar-refractivity contribution is 5.68. The molecule has 3 heteroatoms. The molecule has 2 atom stereocenters. The molecule has 2 unspecified atom stereocenters. The Kier molecular flexibility index (Phi) is 1.72. The number of carbonyl (C=O) groups excluding carboxylic acids is 1. The summed E-state index contributed by atoms with van der Waals surface area (Å²) in [6, 6.07) is 0. The molecular formula is C8H13NO2. The highest BCUT2D eigenvalue weighted by Crippen LogP contribution is 2.28. The third-order valence-electron chi connectivity index (χ3n) is 2.61. The lowest BCUT2D eigenvalue weighted by Crippen LogP contribution is -2.46.